The molecule has 1 atom stereocenters. The molecule has 2 rings (SSSR count). The van der Waals surface area contributed by atoms with Crippen molar-refractivity contribution < 1.29 is 22.7 Å². The fourth-order valence-electron chi connectivity index (χ4n) is 1.81. The molecule has 1 aromatic heterocycles. The highest BCUT2D eigenvalue weighted by Gasteiger charge is 2.20. The zero-order chi connectivity index (χ0) is 17.1. The lowest BCUT2D eigenvalue weighted by Gasteiger charge is -2.15. The minimum atomic E-state index is -3.13. The van der Waals surface area contributed by atoms with Crippen molar-refractivity contribution in [2.45, 2.75) is 26.5 Å². The number of aryl methyl sites for hydroxylation is 1. The molecule has 5 nitrogen and oxygen atoms in total. The molecule has 0 fully saturated rings. The van der Waals surface area contributed by atoms with Crippen molar-refractivity contribution in [1.29, 1.82) is 0 Å². The van der Waals surface area contributed by atoms with Crippen LogP contribution in [0.4, 0.5) is 18.9 Å². The summed E-state index contributed by atoms with van der Waals surface area (Å²) >= 11 is 3.29. The quantitative estimate of drug-likeness (QED) is 0.840. The van der Waals surface area contributed by atoms with Gasteiger partial charge < -0.3 is 10.1 Å². The Balaban J connectivity index is 2.19. The Kier molecular flexibility index (Phi) is 5.30. The predicted molar refractivity (Wildman–Crippen MR) is 81.0 cm³/mol. The topological polar surface area (TPSA) is 56.2 Å². The molecule has 124 valence electrons. The number of aromatic nitrogens is 2. The molecule has 0 radical (unpaired) electrons. The van der Waals surface area contributed by atoms with Gasteiger partial charge in [0.05, 0.1) is 15.9 Å². The first kappa shape index (κ1) is 17.3. The summed E-state index contributed by atoms with van der Waals surface area (Å²) in [7, 11) is 0. The van der Waals surface area contributed by atoms with Gasteiger partial charge in [-0.15, -0.1) is 0 Å². The second-order valence-electron chi connectivity index (χ2n) is 4.73. The zero-order valence-corrected chi connectivity index (χ0v) is 13.8. The lowest BCUT2D eigenvalue weighted by molar-refractivity contribution is -0.119. The Labute approximate surface area is 138 Å². The molecule has 1 amide bonds. The molecule has 0 aliphatic heterocycles. The number of hydrogen-bond donors (Lipinski definition) is 1. The summed E-state index contributed by atoms with van der Waals surface area (Å²) in [5.74, 6) is -1.71. The average Bonchev–Trinajstić information content (AvgIpc) is 2.80. The summed E-state index contributed by atoms with van der Waals surface area (Å²) in [5.41, 5.74) is 0.652. The van der Waals surface area contributed by atoms with Crippen molar-refractivity contribution in [1.82, 2.24) is 9.78 Å². The number of anilines is 1. The molecule has 0 saturated carbocycles. The second-order valence-corrected chi connectivity index (χ2v) is 5.58. The SMILES string of the molecule is Cc1nn(C(C)C(=O)Nc2ccc(F)cc2OC(F)F)cc1Br. The Hall–Kier alpha value is -2.03. The van der Waals surface area contributed by atoms with Crippen molar-refractivity contribution in [3.8, 4) is 5.75 Å². The van der Waals surface area contributed by atoms with Gasteiger partial charge in [0.2, 0.25) is 5.91 Å². The number of rotatable bonds is 5. The van der Waals surface area contributed by atoms with Gasteiger partial charge in [-0.3, -0.25) is 9.48 Å². The van der Waals surface area contributed by atoms with E-state index >= 15 is 0 Å². The highest BCUT2D eigenvalue weighted by Crippen LogP contribution is 2.28. The maximum atomic E-state index is 13.1. The van der Waals surface area contributed by atoms with Crippen LogP contribution in [0.25, 0.3) is 0 Å². The van der Waals surface area contributed by atoms with Gasteiger partial charge >= 0.3 is 6.61 Å². The number of alkyl halides is 2. The maximum Gasteiger partial charge on any atom is 0.387 e. The molecule has 23 heavy (non-hydrogen) atoms. The summed E-state index contributed by atoms with van der Waals surface area (Å²) in [6, 6.07) is 2.26. The molecule has 0 spiro atoms. The molecule has 1 heterocycles. The van der Waals surface area contributed by atoms with Crippen LogP contribution in [0.15, 0.2) is 28.9 Å². The number of carbonyl (C=O) groups excluding carboxylic acids is 1. The minimum absolute atomic E-state index is 0.0495. The number of carbonyl (C=O) groups is 1. The zero-order valence-electron chi connectivity index (χ0n) is 12.2. The first-order chi connectivity index (χ1) is 10.8. The van der Waals surface area contributed by atoms with E-state index < -0.39 is 30.1 Å². The van der Waals surface area contributed by atoms with E-state index in [1.54, 1.807) is 20.0 Å². The van der Waals surface area contributed by atoms with E-state index in [0.717, 1.165) is 22.7 Å². The standard InChI is InChI=1S/C14H13BrF3N3O2/c1-7-10(15)6-21(20-7)8(2)13(22)19-11-4-3-9(16)5-12(11)23-14(17)18/h3-6,8,14H,1-2H3,(H,19,22). The van der Waals surface area contributed by atoms with Crippen LogP contribution in [-0.2, 0) is 4.79 Å². The second kappa shape index (κ2) is 7.03. The molecule has 1 unspecified atom stereocenters. The van der Waals surface area contributed by atoms with Gasteiger partial charge in [0.25, 0.3) is 0 Å². The summed E-state index contributed by atoms with van der Waals surface area (Å²) < 4.78 is 44.3. The van der Waals surface area contributed by atoms with Crippen LogP contribution in [0.3, 0.4) is 0 Å². The largest absolute Gasteiger partial charge is 0.432 e. The third-order valence-electron chi connectivity index (χ3n) is 3.05. The lowest BCUT2D eigenvalue weighted by Crippen LogP contribution is -2.24. The summed E-state index contributed by atoms with van der Waals surface area (Å²) in [6.07, 6.45) is 1.63. The number of benzene rings is 1. The number of hydrogen-bond acceptors (Lipinski definition) is 3. The third-order valence-corrected chi connectivity index (χ3v) is 3.83. The monoisotopic (exact) mass is 391 g/mol. The van der Waals surface area contributed by atoms with E-state index in [1.807, 2.05) is 0 Å². The Bertz CT molecular complexity index is 702. The summed E-state index contributed by atoms with van der Waals surface area (Å²) in [6.45, 7) is 0.222. The molecule has 0 aliphatic carbocycles. The highest BCUT2D eigenvalue weighted by atomic mass is 79.9. The van der Waals surface area contributed by atoms with E-state index in [0.29, 0.717) is 5.69 Å². The molecule has 0 aliphatic rings. The van der Waals surface area contributed by atoms with Gasteiger partial charge in [0.1, 0.15) is 11.9 Å². The third kappa shape index (κ3) is 4.25. The number of amides is 1. The van der Waals surface area contributed by atoms with Crippen LogP contribution in [0, 0.1) is 12.7 Å². The van der Waals surface area contributed by atoms with Gasteiger partial charge in [-0.25, -0.2) is 4.39 Å². The van der Waals surface area contributed by atoms with E-state index in [-0.39, 0.29) is 5.69 Å². The van der Waals surface area contributed by atoms with Gasteiger partial charge in [-0.2, -0.15) is 13.9 Å². The summed E-state index contributed by atoms with van der Waals surface area (Å²) in [5, 5.41) is 6.59. The van der Waals surface area contributed by atoms with Crippen molar-refractivity contribution in [3.63, 3.8) is 0 Å². The number of nitrogens with one attached hydrogen (secondary N) is 1. The fraction of sp³-hybridized carbons (Fsp3) is 0.286. The van der Waals surface area contributed by atoms with Crippen LogP contribution in [-0.4, -0.2) is 22.3 Å². The summed E-state index contributed by atoms with van der Waals surface area (Å²) in [4.78, 5) is 12.2. The Morgan fingerprint density at radius 2 is 2.13 bits per heavy atom. The van der Waals surface area contributed by atoms with Crippen molar-refractivity contribution >= 4 is 27.5 Å². The fourth-order valence-corrected chi connectivity index (χ4v) is 2.10. The van der Waals surface area contributed by atoms with Crippen LogP contribution < -0.4 is 10.1 Å². The number of nitrogens with zero attached hydrogens (tertiary/aromatic N) is 2. The van der Waals surface area contributed by atoms with Crippen LogP contribution >= 0.6 is 15.9 Å². The van der Waals surface area contributed by atoms with Crippen molar-refractivity contribution in [3.05, 3.63) is 40.4 Å². The normalized spacial score (nSPS) is 12.3. The van der Waals surface area contributed by atoms with Gasteiger partial charge in [-0.05, 0) is 41.9 Å². The van der Waals surface area contributed by atoms with Gasteiger partial charge in [-0.1, -0.05) is 0 Å². The average molecular weight is 392 g/mol. The number of halogens is 4. The molecular weight excluding hydrogens is 379 g/mol. The molecule has 0 saturated heterocycles. The van der Waals surface area contributed by atoms with Gasteiger partial charge in [0.15, 0.2) is 5.75 Å². The van der Waals surface area contributed by atoms with E-state index in [2.05, 4.69) is 31.1 Å². The van der Waals surface area contributed by atoms with Crippen molar-refractivity contribution in [2.75, 3.05) is 5.32 Å². The molecule has 1 aromatic carbocycles. The molecule has 1 N–H and O–H groups in total. The van der Waals surface area contributed by atoms with Crippen molar-refractivity contribution in [2.24, 2.45) is 0 Å². The number of ether oxygens (including phenoxy) is 1. The maximum absolute atomic E-state index is 13.1. The Morgan fingerprint density at radius 1 is 1.43 bits per heavy atom. The molecule has 0 bridgehead atoms. The van der Waals surface area contributed by atoms with Crippen LogP contribution in [0.1, 0.15) is 18.7 Å². The Morgan fingerprint density at radius 3 is 2.70 bits per heavy atom. The molecule has 9 heteroatoms. The smallest absolute Gasteiger partial charge is 0.387 e. The van der Waals surface area contributed by atoms with Crippen LogP contribution in [0.2, 0.25) is 0 Å². The lowest BCUT2D eigenvalue weighted by atomic mass is 10.2. The molecule has 2 aromatic rings. The predicted octanol–water partition coefficient (Wildman–Crippen LogP) is 3.89. The highest BCUT2D eigenvalue weighted by molar-refractivity contribution is 9.10. The van der Waals surface area contributed by atoms with Crippen LogP contribution in [0.5, 0.6) is 5.75 Å². The van der Waals surface area contributed by atoms with Gasteiger partial charge in [0, 0.05) is 12.3 Å². The van der Waals surface area contributed by atoms with E-state index in [9.17, 15) is 18.0 Å². The molecular formula is C14H13BrF3N3O2. The minimum Gasteiger partial charge on any atom is -0.432 e. The van der Waals surface area contributed by atoms with E-state index in [1.165, 1.54) is 4.68 Å². The van der Waals surface area contributed by atoms with E-state index in [4.69, 9.17) is 0 Å². The first-order valence-electron chi connectivity index (χ1n) is 6.54. The first-order valence-corrected chi connectivity index (χ1v) is 7.33.